The van der Waals surface area contributed by atoms with E-state index < -0.39 is 0 Å². The highest BCUT2D eigenvalue weighted by atomic mass is 19.1. The van der Waals surface area contributed by atoms with Crippen molar-refractivity contribution in [3.63, 3.8) is 0 Å². The number of anilines is 1. The molecule has 0 saturated carbocycles. The Morgan fingerprint density at radius 1 is 1.16 bits per heavy atom. The molecule has 2 unspecified atom stereocenters. The van der Waals surface area contributed by atoms with Gasteiger partial charge in [0.15, 0.2) is 5.96 Å². The van der Waals surface area contributed by atoms with Gasteiger partial charge in [0.1, 0.15) is 17.7 Å². The lowest BCUT2D eigenvalue weighted by Crippen LogP contribution is -2.50. The number of nitrogens with one attached hydrogen (secondary N) is 1. The average Bonchev–Trinajstić information content (AvgIpc) is 3.32. The van der Waals surface area contributed by atoms with E-state index in [-0.39, 0.29) is 18.0 Å². The van der Waals surface area contributed by atoms with Crippen LogP contribution in [-0.2, 0) is 11.3 Å². The van der Waals surface area contributed by atoms with Gasteiger partial charge in [0.25, 0.3) is 0 Å². The standard InChI is InChI=1S/C24H32FN5O/c1-3-26-24(28-15-19-6-11-23(27-14-19)29-12-4-5-13-29)30-16-18(2)31-22(17-30)20-7-9-21(25)10-8-20/h6-11,14,18,22H,3-5,12-13,15-17H2,1-2H3,(H,26,28). The first-order valence-corrected chi connectivity index (χ1v) is 11.3. The van der Waals surface area contributed by atoms with Crippen LogP contribution in [0.25, 0.3) is 0 Å². The minimum absolute atomic E-state index is 0.0501. The Labute approximate surface area is 184 Å². The molecule has 6 nitrogen and oxygen atoms in total. The van der Waals surface area contributed by atoms with Crippen molar-refractivity contribution in [1.82, 2.24) is 15.2 Å². The first-order valence-electron chi connectivity index (χ1n) is 11.3. The molecule has 0 bridgehead atoms. The third-order valence-electron chi connectivity index (χ3n) is 5.79. The van der Waals surface area contributed by atoms with Gasteiger partial charge < -0.3 is 19.9 Å². The third-order valence-corrected chi connectivity index (χ3v) is 5.79. The summed E-state index contributed by atoms with van der Waals surface area (Å²) in [5, 5.41) is 3.41. The minimum Gasteiger partial charge on any atom is -0.367 e. The molecule has 2 aromatic rings. The Hall–Kier alpha value is -2.67. The van der Waals surface area contributed by atoms with Crippen molar-refractivity contribution in [3.8, 4) is 0 Å². The molecule has 7 heteroatoms. The monoisotopic (exact) mass is 425 g/mol. The second kappa shape index (κ2) is 10.1. The molecule has 2 saturated heterocycles. The Morgan fingerprint density at radius 2 is 1.94 bits per heavy atom. The van der Waals surface area contributed by atoms with Crippen LogP contribution in [0.1, 0.15) is 43.9 Å². The first kappa shape index (κ1) is 21.6. The maximum Gasteiger partial charge on any atom is 0.194 e. The van der Waals surface area contributed by atoms with Crippen molar-refractivity contribution in [2.45, 2.75) is 45.4 Å². The number of nitrogens with zero attached hydrogens (tertiary/aromatic N) is 4. The normalized spacial score (nSPS) is 22.1. The largest absolute Gasteiger partial charge is 0.367 e. The second-order valence-electron chi connectivity index (χ2n) is 8.28. The van der Waals surface area contributed by atoms with Crippen LogP contribution in [0, 0.1) is 5.82 Å². The summed E-state index contributed by atoms with van der Waals surface area (Å²) in [5.74, 6) is 1.69. The quantitative estimate of drug-likeness (QED) is 0.584. The lowest BCUT2D eigenvalue weighted by molar-refractivity contribution is -0.0605. The Kier molecular flexibility index (Phi) is 7.02. The van der Waals surface area contributed by atoms with Gasteiger partial charge in [-0.15, -0.1) is 0 Å². The number of ether oxygens (including phenoxy) is 1. The highest BCUT2D eigenvalue weighted by molar-refractivity contribution is 5.80. The number of benzene rings is 1. The molecule has 4 rings (SSSR count). The van der Waals surface area contributed by atoms with Crippen LogP contribution in [0.3, 0.4) is 0 Å². The highest BCUT2D eigenvalue weighted by Crippen LogP contribution is 2.25. The van der Waals surface area contributed by atoms with Gasteiger partial charge in [0, 0.05) is 32.4 Å². The van der Waals surface area contributed by atoms with Crippen molar-refractivity contribution in [2.75, 3.05) is 37.6 Å². The zero-order valence-electron chi connectivity index (χ0n) is 18.4. The number of guanidine groups is 1. The van der Waals surface area contributed by atoms with Crippen LogP contribution < -0.4 is 10.2 Å². The molecule has 1 N–H and O–H groups in total. The number of hydrogen-bond donors (Lipinski definition) is 1. The summed E-state index contributed by atoms with van der Waals surface area (Å²) in [4.78, 5) is 14.1. The lowest BCUT2D eigenvalue weighted by atomic mass is 10.1. The Bertz CT molecular complexity index is 865. The topological polar surface area (TPSA) is 53.0 Å². The van der Waals surface area contributed by atoms with Gasteiger partial charge >= 0.3 is 0 Å². The summed E-state index contributed by atoms with van der Waals surface area (Å²) in [6.45, 7) is 9.12. The van der Waals surface area contributed by atoms with Crippen LogP contribution >= 0.6 is 0 Å². The number of rotatable bonds is 5. The zero-order chi connectivity index (χ0) is 21.6. The lowest BCUT2D eigenvalue weighted by Gasteiger charge is -2.38. The molecule has 0 amide bonds. The molecule has 0 radical (unpaired) electrons. The summed E-state index contributed by atoms with van der Waals surface area (Å²) in [6, 6.07) is 10.8. The molecule has 2 aliphatic rings. The van der Waals surface area contributed by atoms with Crippen LogP contribution in [0.4, 0.5) is 10.2 Å². The van der Waals surface area contributed by atoms with Crippen LogP contribution in [0.5, 0.6) is 0 Å². The first-order chi connectivity index (χ1) is 15.1. The fourth-order valence-electron chi connectivity index (χ4n) is 4.22. The SMILES string of the molecule is CCNC(=NCc1ccc(N2CCCC2)nc1)N1CC(C)OC(c2ccc(F)cc2)C1. The van der Waals surface area contributed by atoms with E-state index in [1.54, 1.807) is 12.1 Å². The van der Waals surface area contributed by atoms with E-state index in [1.807, 2.05) is 6.20 Å². The van der Waals surface area contributed by atoms with E-state index in [9.17, 15) is 4.39 Å². The van der Waals surface area contributed by atoms with E-state index in [1.165, 1.54) is 25.0 Å². The van der Waals surface area contributed by atoms with Gasteiger partial charge in [-0.3, -0.25) is 0 Å². The third kappa shape index (κ3) is 5.53. The molecule has 0 aliphatic carbocycles. The summed E-state index contributed by atoms with van der Waals surface area (Å²) in [6.07, 6.45) is 4.36. The molecule has 31 heavy (non-hydrogen) atoms. The maximum atomic E-state index is 13.3. The van der Waals surface area contributed by atoms with Crippen LogP contribution in [0.15, 0.2) is 47.6 Å². The van der Waals surface area contributed by atoms with Crippen molar-refractivity contribution in [1.29, 1.82) is 0 Å². The maximum absolute atomic E-state index is 13.3. The summed E-state index contributed by atoms with van der Waals surface area (Å²) in [5.41, 5.74) is 2.07. The summed E-state index contributed by atoms with van der Waals surface area (Å²) in [7, 11) is 0. The Balaban J connectivity index is 1.45. The average molecular weight is 426 g/mol. The highest BCUT2D eigenvalue weighted by Gasteiger charge is 2.28. The number of halogens is 1. The summed E-state index contributed by atoms with van der Waals surface area (Å²) < 4.78 is 19.5. The van der Waals surface area contributed by atoms with E-state index in [0.29, 0.717) is 13.1 Å². The van der Waals surface area contributed by atoms with Gasteiger partial charge in [-0.1, -0.05) is 18.2 Å². The Morgan fingerprint density at radius 3 is 2.61 bits per heavy atom. The molecule has 0 spiro atoms. The van der Waals surface area contributed by atoms with Crippen LogP contribution in [0.2, 0.25) is 0 Å². The smallest absolute Gasteiger partial charge is 0.194 e. The van der Waals surface area contributed by atoms with Crippen LogP contribution in [-0.4, -0.2) is 54.7 Å². The molecule has 2 atom stereocenters. The predicted octanol–water partition coefficient (Wildman–Crippen LogP) is 3.75. The fourth-order valence-corrected chi connectivity index (χ4v) is 4.22. The molecule has 1 aromatic carbocycles. The number of hydrogen-bond acceptors (Lipinski definition) is 4. The van der Waals surface area contributed by atoms with Crippen molar-refractivity contribution in [2.24, 2.45) is 4.99 Å². The zero-order valence-corrected chi connectivity index (χ0v) is 18.4. The summed E-state index contributed by atoms with van der Waals surface area (Å²) >= 11 is 0. The number of aliphatic imine (C=N–C) groups is 1. The molecule has 3 heterocycles. The van der Waals surface area contributed by atoms with Crippen molar-refractivity contribution >= 4 is 11.8 Å². The van der Waals surface area contributed by atoms with Gasteiger partial charge in [-0.2, -0.15) is 0 Å². The van der Waals surface area contributed by atoms with Gasteiger partial charge in [0.05, 0.1) is 19.2 Å². The molecular weight excluding hydrogens is 393 g/mol. The van der Waals surface area contributed by atoms with E-state index in [2.05, 4.69) is 46.1 Å². The van der Waals surface area contributed by atoms with E-state index in [0.717, 1.165) is 49.1 Å². The molecule has 166 valence electrons. The van der Waals surface area contributed by atoms with Gasteiger partial charge in [0.2, 0.25) is 0 Å². The molecule has 2 aliphatic heterocycles. The molecular formula is C24H32FN5O. The van der Waals surface area contributed by atoms with E-state index in [4.69, 9.17) is 9.73 Å². The number of morpholine rings is 1. The second-order valence-corrected chi connectivity index (χ2v) is 8.28. The van der Waals surface area contributed by atoms with Gasteiger partial charge in [-0.25, -0.2) is 14.4 Å². The number of aromatic nitrogens is 1. The fraction of sp³-hybridized carbons (Fsp3) is 0.500. The van der Waals surface area contributed by atoms with E-state index >= 15 is 0 Å². The minimum atomic E-state index is -0.233. The number of pyridine rings is 1. The van der Waals surface area contributed by atoms with Crippen molar-refractivity contribution < 1.29 is 9.13 Å². The molecule has 2 fully saturated rings. The predicted molar refractivity (Wildman–Crippen MR) is 122 cm³/mol. The molecule has 1 aromatic heterocycles. The van der Waals surface area contributed by atoms with Crippen molar-refractivity contribution in [3.05, 3.63) is 59.5 Å². The van der Waals surface area contributed by atoms with Gasteiger partial charge in [-0.05, 0) is 56.0 Å².